The fraction of sp³-hybridized carbons (Fsp3) is 0.667. The molecule has 4 nitrogen and oxygen atoms in total. The third-order valence-electron chi connectivity index (χ3n) is 3.02. The molecule has 1 atom stereocenters. The van der Waals surface area contributed by atoms with E-state index in [2.05, 4.69) is 42.3 Å². The van der Waals surface area contributed by atoms with Gasteiger partial charge in [0.15, 0.2) is 10.8 Å². The number of aromatic nitrogens is 1. The predicted molar refractivity (Wildman–Crippen MR) is 70.8 cm³/mol. The molecule has 17 heavy (non-hydrogen) atoms. The van der Waals surface area contributed by atoms with Gasteiger partial charge in [0.25, 0.3) is 0 Å². The van der Waals surface area contributed by atoms with Crippen molar-refractivity contribution in [3.05, 3.63) is 11.1 Å². The van der Waals surface area contributed by atoms with E-state index in [1.165, 1.54) is 18.4 Å². The summed E-state index contributed by atoms with van der Waals surface area (Å²) in [5, 5.41) is 2.57. The van der Waals surface area contributed by atoms with Gasteiger partial charge < -0.3 is 9.64 Å². The van der Waals surface area contributed by atoms with E-state index in [0.717, 1.165) is 5.13 Å². The molecule has 0 aliphatic heterocycles. The molecule has 0 radical (unpaired) electrons. The number of methoxy groups -OCH3 is 1. The van der Waals surface area contributed by atoms with Crippen LogP contribution < -0.4 is 4.90 Å². The Balaban J connectivity index is 2.87. The van der Waals surface area contributed by atoms with Crippen molar-refractivity contribution in [3.63, 3.8) is 0 Å². The SMILES string of the molecule is COC(=O)c1csc(N(C)C(C)C(C)(C)C)n1. The maximum absolute atomic E-state index is 11.3. The zero-order valence-corrected chi connectivity index (χ0v) is 12.1. The first kappa shape index (κ1) is 14.0. The monoisotopic (exact) mass is 256 g/mol. The lowest BCUT2D eigenvalue weighted by atomic mass is 9.87. The number of esters is 1. The van der Waals surface area contributed by atoms with Crippen molar-refractivity contribution in [1.82, 2.24) is 4.98 Å². The van der Waals surface area contributed by atoms with E-state index in [1.807, 2.05) is 7.05 Å². The highest BCUT2D eigenvalue weighted by Crippen LogP contribution is 2.29. The fourth-order valence-corrected chi connectivity index (χ4v) is 2.21. The number of hydrogen-bond donors (Lipinski definition) is 0. The first-order valence-electron chi connectivity index (χ1n) is 5.54. The van der Waals surface area contributed by atoms with Gasteiger partial charge >= 0.3 is 5.97 Å². The van der Waals surface area contributed by atoms with Gasteiger partial charge in [-0.15, -0.1) is 11.3 Å². The topological polar surface area (TPSA) is 42.4 Å². The van der Waals surface area contributed by atoms with Crippen LogP contribution in [-0.4, -0.2) is 31.2 Å². The van der Waals surface area contributed by atoms with Crippen molar-refractivity contribution in [2.24, 2.45) is 5.41 Å². The second-order valence-electron chi connectivity index (χ2n) is 5.16. The van der Waals surface area contributed by atoms with Gasteiger partial charge in [-0.25, -0.2) is 9.78 Å². The zero-order valence-electron chi connectivity index (χ0n) is 11.3. The summed E-state index contributed by atoms with van der Waals surface area (Å²) >= 11 is 1.46. The van der Waals surface area contributed by atoms with Gasteiger partial charge in [0.2, 0.25) is 0 Å². The molecule has 0 fully saturated rings. The van der Waals surface area contributed by atoms with Crippen molar-refractivity contribution in [2.75, 3.05) is 19.1 Å². The molecule has 0 spiro atoms. The van der Waals surface area contributed by atoms with Crippen molar-refractivity contribution < 1.29 is 9.53 Å². The standard InChI is InChI=1S/C12H20N2O2S/c1-8(12(2,3)4)14(5)11-13-9(7-17-11)10(15)16-6/h7-8H,1-6H3. The van der Waals surface area contributed by atoms with Crippen LogP contribution in [0.1, 0.15) is 38.2 Å². The number of carbonyl (C=O) groups is 1. The minimum atomic E-state index is -0.385. The Bertz CT molecular complexity index is 395. The molecular weight excluding hydrogens is 236 g/mol. The van der Waals surface area contributed by atoms with Crippen LogP contribution in [0.15, 0.2) is 5.38 Å². The second-order valence-corrected chi connectivity index (χ2v) is 6.00. The summed E-state index contributed by atoms with van der Waals surface area (Å²) < 4.78 is 4.64. The maximum Gasteiger partial charge on any atom is 0.357 e. The minimum Gasteiger partial charge on any atom is -0.464 e. The smallest absolute Gasteiger partial charge is 0.357 e. The molecule has 1 aromatic heterocycles. The first-order valence-corrected chi connectivity index (χ1v) is 6.42. The van der Waals surface area contributed by atoms with Gasteiger partial charge in [0, 0.05) is 18.5 Å². The molecule has 1 heterocycles. The number of carbonyl (C=O) groups excluding carboxylic acids is 1. The average Bonchev–Trinajstić information content (AvgIpc) is 2.73. The second kappa shape index (κ2) is 5.04. The third-order valence-corrected chi connectivity index (χ3v) is 3.95. The molecule has 0 saturated carbocycles. The molecule has 0 amide bonds. The highest BCUT2D eigenvalue weighted by molar-refractivity contribution is 7.13. The van der Waals surface area contributed by atoms with Crippen molar-refractivity contribution in [3.8, 4) is 0 Å². The van der Waals surface area contributed by atoms with Crippen LogP contribution >= 0.6 is 11.3 Å². The van der Waals surface area contributed by atoms with Crippen LogP contribution in [0.5, 0.6) is 0 Å². The van der Waals surface area contributed by atoms with Gasteiger partial charge in [0.1, 0.15) is 0 Å². The number of nitrogens with zero attached hydrogens (tertiary/aromatic N) is 2. The summed E-state index contributed by atoms with van der Waals surface area (Å²) in [6, 6.07) is 0.333. The quantitative estimate of drug-likeness (QED) is 0.780. The van der Waals surface area contributed by atoms with Crippen LogP contribution in [-0.2, 0) is 4.74 Å². The van der Waals surface area contributed by atoms with Gasteiger partial charge in [0.05, 0.1) is 7.11 Å². The van der Waals surface area contributed by atoms with Crippen molar-refractivity contribution in [2.45, 2.75) is 33.7 Å². The summed E-state index contributed by atoms with van der Waals surface area (Å²) in [7, 11) is 3.36. The molecule has 0 aliphatic rings. The Hall–Kier alpha value is -1.10. The maximum atomic E-state index is 11.3. The Labute approximate surface area is 107 Å². The predicted octanol–water partition coefficient (Wildman–Crippen LogP) is 2.80. The average molecular weight is 256 g/mol. The fourth-order valence-electron chi connectivity index (χ4n) is 1.37. The van der Waals surface area contributed by atoms with Crippen LogP contribution in [0.4, 0.5) is 5.13 Å². The summed E-state index contributed by atoms with van der Waals surface area (Å²) in [5.74, 6) is -0.385. The highest BCUT2D eigenvalue weighted by atomic mass is 32.1. The molecule has 5 heteroatoms. The number of rotatable bonds is 3. The van der Waals surface area contributed by atoms with Gasteiger partial charge in [-0.2, -0.15) is 0 Å². The number of thiazole rings is 1. The first-order chi connectivity index (χ1) is 7.77. The van der Waals surface area contributed by atoms with Gasteiger partial charge in [-0.1, -0.05) is 20.8 Å². The molecular formula is C12H20N2O2S. The number of hydrogen-bond acceptors (Lipinski definition) is 5. The van der Waals surface area contributed by atoms with E-state index >= 15 is 0 Å². The summed E-state index contributed by atoms with van der Waals surface area (Å²) in [4.78, 5) is 17.7. The summed E-state index contributed by atoms with van der Waals surface area (Å²) in [6.07, 6.45) is 0. The van der Waals surface area contributed by atoms with Gasteiger partial charge in [-0.3, -0.25) is 0 Å². The van der Waals surface area contributed by atoms with E-state index in [0.29, 0.717) is 11.7 Å². The molecule has 0 bridgehead atoms. The molecule has 1 unspecified atom stereocenters. The van der Waals surface area contributed by atoms with E-state index in [-0.39, 0.29) is 11.4 Å². The normalized spacial score (nSPS) is 13.3. The van der Waals surface area contributed by atoms with E-state index in [1.54, 1.807) is 5.38 Å². The van der Waals surface area contributed by atoms with E-state index in [9.17, 15) is 4.79 Å². The molecule has 1 rings (SSSR count). The Morgan fingerprint density at radius 2 is 2.12 bits per heavy atom. The van der Waals surface area contributed by atoms with Crippen LogP contribution in [0.3, 0.4) is 0 Å². The highest BCUT2D eigenvalue weighted by Gasteiger charge is 2.26. The lowest BCUT2D eigenvalue weighted by Crippen LogP contribution is -2.39. The molecule has 0 aliphatic carbocycles. The van der Waals surface area contributed by atoms with E-state index in [4.69, 9.17) is 0 Å². The Kier molecular flexibility index (Phi) is 4.14. The molecule has 1 aromatic rings. The minimum absolute atomic E-state index is 0.159. The summed E-state index contributed by atoms with van der Waals surface area (Å²) in [5.41, 5.74) is 0.534. The number of anilines is 1. The Morgan fingerprint density at radius 1 is 1.53 bits per heavy atom. The van der Waals surface area contributed by atoms with Crippen molar-refractivity contribution in [1.29, 1.82) is 0 Å². The third kappa shape index (κ3) is 3.19. The van der Waals surface area contributed by atoms with Crippen molar-refractivity contribution >= 4 is 22.4 Å². The number of ether oxygens (including phenoxy) is 1. The zero-order chi connectivity index (χ0) is 13.2. The summed E-state index contributed by atoms with van der Waals surface area (Å²) in [6.45, 7) is 8.70. The van der Waals surface area contributed by atoms with Gasteiger partial charge in [-0.05, 0) is 12.3 Å². The largest absolute Gasteiger partial charge is 0.464 e. The lowest BCUT2D eigenvalue weighted by molar-refractivity contribution is 0.0595. The van der Waals surface area contributed by atoms with Crippen LogP contribution in [0.2, 0.25) is 0 Å². The molecule has 0 aromatic carbocycles. The van der Waals surface area contributed by atoms with Crippen LogP contribution in [0, 0.1) is 5.41 Å². The van der Waals surface area contributed by atoms with E-state index < -0.39 is 0 Å². The molecule has 0 saturated heterocycles. The Morgan fingerprint density at radius 3 is 2.59 bits per heavy atom. The molecule has 0 N–H and O–H groups in total. The van der Waals surface area contributed by atoms with Crippen LogP contribution in [0.25, 0.3) is 0 Å². The molecule has 96 valence electrons. The lowest BCUT2D eigenvalue weighted by Gasteiger charge is -2.35.